The Morgan fingerprint density at radius 1 is 1.35 bits per heavy atom. The number of carbonyl (C=O) groups excluding carboxylic acids is 1. The van der Waals surface area contributed by atoms with Crippen LogP contribution in [0.25, 0.3) is 0 Å². The first kappa shape index (κ1) is 13.5. The van der Waals surface area contributed by atoms with E-state index >= 15 is 0 Å². The first-order valence-electron chi connectivity index (χ1n) is 5.85. The molecule has 0 heterocycles. The van der Waals surface area contributed by atoms with Gasteiger partial charge in [0.1, 0.15) is 6.61 Å². The fraction of sp³-hybridized carbons (Fsp3) is 0.462. The first-order chi connectivity index (χ1) is 8.22. The second-order valence-corrected chi connectivity index (χ2v) is 3.88. The fourth-order valence-corrected chi connectivity index (χ4v) is 1.28. The van der Waals surface area contributed by atoms with Gasteiger partial charge in [-0.1, -0.05) is 37.3 Å². The van der Waals surface area contributed by atoms with E-state index < -0.39 is 0 Å². The van der Waals surface area contributed by atoms with Crippen LogP contribution in [-0.4, -0.2) is 37.7 Å². The SMILES string of the molecule is CCN(C)CCNC(=O)OCc1ccccc1. The molecule has 0 atom stereocenters. The highest BCUT2D eigenvalue weighted by Crippen LogP contribution is 2.00. The molecule has 0 saturated carbocycles. The summed E-state index contributed by atoms with van der Waals surface area (Å²) in [5, 5.41) is 2.72. The fourth-order valence-electron chi connectivity index (χ4n) is 1.28. The topological polar surface area (TPSA) is 41.6 Å². The van der Waals surface area contributed by atoms with E-state index in [4.69, 9.17) is 4.74 Å². The van der Waals surface area contributed by atoms with Crippen LogP contribution < -0.4 is 5.32 Å². The summed E-state index contributed by atoms with van der Waals surface area (Å²) in [6, 6.07) is 9.64. The van der Waals surface area contributed by atoms with Gasteiger partial charge in [0.05, 0.1) is 0 Å². The van der Waals surface area contributed by atoms with Crippen LogP contribution >= 0.6 is 0 Å². The van der Waals surface area contributed by atoms with Crippen molar-refractivity contribution < 1.29 is 9.53 Å². The van der Waals surface area contributed by atoms with Gasteiger partial charge in [0, 0.05) is 13.1 Å². The molecule has 0 radical (unpaired) electrons. The van der Waals surface area contributed by atoms with Gasteiger partial charge in [0.25, 0.3) is 0 Å². The summed E-state index contributed by atoms with van der Waals surface area (Å²) >= 11 is 0. The zero-order valence-electron chi connectivity index (χ0n) is 10.5. The molecule has 1 aromatic rings. The highest BCUT2D eigenvalue weighted by atomic mass is 16.5. The monoisotopic (exact) mass is 236 g/mol. The lowest BCUT2D eigenvalue weighted by Gasteiger charge is -2.13. The minimum absolute atomic E-state index is 0.316. The molecule has 4 nitrogen and oxygen atoms in total. The van der Waals surface area contributed by atoms with Crippen molar-refractivity contribution in [2.24, 2.45) is 0 Å². The van der Waals surface area contributed by atoms with Crippen LogP contribution in [0.5, 0.6) is 0 Å². The van der Waals surface area contributed by atoms with Crippen LogP contribution in [0.3, 0.4) is 0 Å². The average molecular weight is 236 g/mol. The average Bonchev–Trinajstić information content (AvgIpc) is 2.37. The molecular weight excluding hydrogens is 216 g/mol. The summed E-state index contributed by atoms with van der Waals surface area (Å²) in [6.07, 6.45) is -0.363. The Hall–Kier alpha value is -1.55. The van der Waals surface area contributed by atoms with Crippen molar-refractivity contribution in [3.05, 3.63) is 35.9 Å². The summed E-state index contributed by atoms with van der Waals surface area (Å²) in [7, 11) is 2.01. The van der Waals surface area contributed by atoms with E-state index in [-0.39, 0.29) is 6.09 Å². The van der Waals surface area contributed by atoms with E-state index in [2.05, 4.69) is 17.1 Å². The molecule has 0 aliphatic heterocycles. The van der Waals surface area contributed by atoms with Crippen LogP contribution in [0.1, 0.15) is 12.5 Å². The van der Waals surface area contributed by atoms with E-state index in [0.717, 1.165) is 18.7 Å². The highest BCUT2D eigenvalue weighted by Gasteiger charge is 2.02. The molecule has 1 amide bonds. The molecular formula is C13H20N2O2. The summed E-state index contributed by atoms with van der Waals surface area (Å²) in [6.45, 7) is 4.81. The molecule has 0 fully saturated rings. The Kier molecular flexibility index (Phi) is 6.10. The Labute approximate surface area is 103 Å². The zero-order valence-corrected chi connectivity index (χ0v) is 10.5. The van der Waals surface area contributed by atoms with Gasteiger partial charge in [-0.25, -0.2) is 4.79 Å². The molecule has 4 heteroatoms. The largest absolute Gasteiger partial charge is 0.445 e. The van der Waals surface area contributed by atoms with Gasteiger partial charge in [-0.3, -0.25) is 0 Å². The quantitative estimate of drug-likeness (QED) is 0.819. The molecule has 0 aliphatic carbocycles. The molecule has 17 heavy (non-hydrogen) atoms. The predicted molar refractivity (Wildman–Crippen MR) is 67.8 cm³/mol. The third kappa shape index (κ3) is 5.92. The maximum Gasteiger partial charge on any atom is 0.407 e. The number of likely N-dealkylation sites (N-methyl/N-ethyl adjacent to an activating group) is 1. The van der Waals surface area contributed by atoms with Gasteiger partial charge in [-0.05, 0) is 19.2 Å². The molecule has 0 aromatic heterocycles. The van der Waals surface area contributed by atoms with Gasteiger partial charge in [-0.2, -0.15) is 0 Å². The predicted octanol–water partition coefficient (Wildman–Crippen LogP) is 1.86. The number of nitrogens with zero attached hydrogens (tertiary/aromatic N) is 1. The maximum atomic E-state index is 11.3. The van der Waals surface area contributed by atoms with Crippen molar-refractivity contribution in [3.63, 3.8) is 0 Å². The number of amides is 1. The third-order valence-corrected chi connectivity index (χ3v) is 2.52. The molecule has 0 saturated heterocycles. The molecule has 1 N–H and O–H groups in total. The smallest absolute Gasteiger partial charge is 0.407 e. The van der Waals surface area contributed by atoms with Crippen molar-refractivity contribution in [2.75, 3.05) is 26.7 Å². The standard InChI is InChI=1S/C13H20N2O2/c1-3-15(2)10-9-14-13(16)17-11-12-7-5-4-6-8-12/h4-8H,3,9-11H2,1-2H3,(H,14,16). The van der Waals surface area contributed by atoms with Gasteiger partial charge in [0.2, 0.25) is 0 Å². The van der Waals surface area contributed by atoms with Crippen LogP contribution in [0.4, 0.5) is 4.79 Å². The minimum Gasteiger partial charge on any atom is -0.445 e. The van der Waals surface area contributed by atoms with Gasteiger partial charge >= 0.3 is 6.09 Å². The summed E-state index contributed by atoms with van der Waals surface area (Å²) in [5.74, 6) is 0. The Bertz CT molecular complexity index is 327. The number of ether oxygens (including phenoxy) is 1. The zero-order chi connectivity index (χ0) is 12.5. The lowest BCUT2D eigenvalue weighted by atomic mass is 10.2. The van der Waals surface area contributed by atoms with Gasteiger partial charge < -0.3 is 15.0 Å². The van der Waals surface area contributed by atoms with Crippen LogP contribution in [0.2, 0.25) is 0 Å². The normalized spacial score (nSPS) is 10.3. The van der Waals surface area contributed by atoms with Crippen molar-refractivity contribution in [1.82, 2.24) is 10.2 Å². The van der Waals surface area contributed by atoms with Gasteiger partial charge in [0.15, 0.2) is 0 Å². The highest BCUT2D eigenvalue weighted by molar-refractivity contribution is 5.67. The van der Waals surface area contributed by atoms with Gasteiger partial charge in [-0.15, -0.1) is 0 Å². The molecule has 0 unspecified atom stereocenters. The molecule has 0 bridgehead atoms. The van der Waals surface area contributed by atoms with E-state index in [1.165, 1.54) is 0 Å². The molecule has 0 aliphatic rings. The third-order valence-electron chi connectivity index (χ3n) is 2.52. The van der Waals surface area contributed by atoms with E-state index in [0.29, 0.717) is 13.2 Å². The number of benzene rings is 1. The van der Waals surface area contributed by atoms with Crippen LogP contribution in [-0.2, 0) is 11.3 Å². The lowest BCUT2D eigenvalue weighted by Crippen LogP contribution is -2.33. The molecule has 0 spiro atoms. The maximum absolute atomic E-state index is 11.3. The number of rotatable bonds is 6. The summed E-state index contributed by atoms with van der Waals surface area (Å²) in [4.78, 5) is 13.5. The van der Waals surface area contributed by atoms with E-state index in [1.54, 1.807) is 0 Å². The summed E-state index contributed by atoms with van der Waals surface area (Å²) in [5.41, 5.74) is 0.994. The number of carbonyl (C=O) groups is 1. The number of nitrogens with one attached hydrogen (secondary N) is 1. The van der Waals surface area contributed by atoms with Crippen molar-refractivity contribution in [1.29, 1.82) is 0 Å². The number of hydrogen-bond acceptors (Lipinski definition) is 3. The molecule has 94 valence electrons. The molecule has 1 rings (SSSR count). The van der Waals surface area contributed by atoms with E-state index in [1.807, 2.05) is 37.4 Å². The second kappa shape index (κ2) is 7.68. The van der Waals surface area contributed by atoms with Crippen molar-refractivity contribution >= 4 is 6.09 Å². The van der Waals surface area contributed by atoms with Crippen LogP contribution in [0, 0.1) is 0 Å². The number of alkyl carbamates (subject to hydrolysis) is 1. The minimum atomic E-state index is -0.363. The van der Waals surface area contributed by atoms with E-state index in [9.17, 15) is 4.79 Å². The molecule has 1 aromatic carbocycles. The van der Waals surface area contributed by atoms with Crippen molar-refractivity contribution in [2.45, 2.75) is 13.5 Å². The second-order valence-electron chi connectivity index (χ2n) is 3.88. The van der Waals surface area contributed by atoms with Crippen molar-refractivity contribution in [3.8, 4) is 0 Å². The Morgan fingerprint density at radius 2 is 2.06 bits per heavy atom. The lowest BCUT2D eigenvalue weighted by molar-refractivity contribution is 0.138. The first-order valence-corrected chi connectivity index (χ1v) is 5.85. The van der Waals surface area contributed by atoms with Crippen LogP contribution in [0.15, 0.2) is 30.3 Å². The Morgan fingerprint density at radius 3 is 2.71 bits per heavy atom. The summed E-state index contributed by atoms with van der Waals surface area (Å²) < 4.78 is 5.07. The number of hydrogen-bond donors (Lipinski definition) is 1. The Balaban J connectivity index is 2.13.